The third-order valence-corrected chi connectivity index (χ3v) is 7.87. The Kier molecular flexibility index (Phi) is 7.57. The number of nitrogens with zero attached hydrogens (tertiary/aromatic N) is 2. The van der Waals surface area contributed by atoms with E-state index in [1.165, 1.54) is 93.9 Å². The molecule has 30 heavy (non-hydrogen) atoms. The first kappa shape index (κ1) is 21.5. The standard InChI is InChI=1S/C28H40N2/c1-3-5-21-7-11-23(12-8-21)24-15-17-26(18-16-24)28-20-19-27(29-30-28)25-13-9-22(6-4-2)10-14-25/h15-23,25H,3-14H2,1-2H3. The van der Waals surface area contributed by atoms with Crippen molar-refractivity contribution in [1.29, 1.82) is 0 Å². The molecular formula is C28H40N2. The van der Waals surface area contributed by atoms with Crippen molar-refractivity contribution < 1.29 is 0 Å². The van der Waals surface area contributed by atoms with Gasteiger partial charge in [-0.25, -0.2) is 0 Å². The minimum atomic E-state index is 0.616. The van der Waals surface area contributed by atoms with E-state index < -0.39 is 0 Å². The van der Waals surface area contributed by atoms with Crippen LogP contribution in [0.15, 0.2) is 36.4 Å². The van der Waals surface area contributed by atoms with E-state index in [4.69, 9.17) is 0 Å². The van der Waals surface area contributed by atoms with Crippen LogP contribution in [0.5, 0.6) is 0 Å². The maximum absolute atomic E-state index is 4.64. The van der Waals surface area contributed by atoms with Gasteiger partial charge in [0.1, 0.15) is 0 Å². The van der Waals surface area contributed by atoms with Crippen LogP contribution >= 0.6 is 0 Å². The molecule has 2 aromatic rings. The third kappa shape index (κ3) is 5.31. The number of aromatic nitrogens is 2. The second kappa shape index (κ2) is 10.6. The van der Waals surface area contributed by atoms with Gasteiger partial charge in [-0.2, -0.15) is 10.2 Å². The smallest absolute Gasteiger partial charge is 0.0929 e. The van der Waals surface area contributed by atoms with Crippen LogP contribution in [-0.2, 0) is 0 Å². The molecule has 2 saturated carbocycles. The second-order valence-electron chi connectivity index (χ2n) is 9.98. The highest BCUT2D eigenvalue weighted by Gasteiger charge is 2.24. The maximum Gasteiger partial charge on any atom is 0.0929 e. The second-order valence-corrected chi connectivity index (χ2v) is 9.98. The topological polar surface area (TPSA) is 25.8 Å². The first-order chi connectivity index (χ1) is 14.8. The lowest BCUT2D eigenvalue weighted by Crippen LogP contribution is -2.14. The summed E-state index contributed by atoms with van der Waals surface area (Å²) in [7, 11) is 0. The van der Waals surface area contributed by atoms with Gasteiger partial charge in [0.15, 0.2) is 0 Å². The van der Waals surface area contributed by atoms with Crippen molar-refractivity contribution in [3.05, 3.63) is 47.7 Å². The minimum Gasteiger partial charge on any atom is -0.155 e. The summed E-state index contributed by atoms with van der Waals surface area (Å²) < 4.78 is 0. The Balaban J connectivity index is 1.33. The lowest BCUT2D eigenvalue weighted by atomic mass is 9.77. The monoisotopic (exact) mass is 404 g/mol. The van der Waals surface area contributed by atoms with E-state index in [9.17, 15) is 0 Å². The molecule has 162 valence electrons. The Morgan fingerprint density at radius 2 is 1.20 bits per heavy atom. The van der Waals surface area contributed by atoms with Crippen LogP contribution in [-0.4, -0.2) is 10.2 Å². The number of benzene rings is 1. The maximum atomic E-state index is 4.64. The molecule has 0 aliphatic heterocycles. The van der Waals surface area contributed by atoms with Crippen LogP contribution in [0, 0.1) is 11.8 Å². The molecule has 0 bridgehead atoms. The van der Waals surface area contributed by atoms with Crippen molar-refractivity contribution in [2.75, 3.05) is 0 Å². The first-order valence-corrected chi connectivity index (χ1v) is 12.7. The molecule has 2 nitrogen and oxygen atoms in total. The van der Waals surface area contributed by atoms with Gasteiger partial charge in [0.25, 0.3) is 0 Å². The van der Waals surface area contributed by atoms with Crippen molar-refractivity contribution in [1.82, 2.24) is 10.2 Å². The molecule has 0 saturated heterocycles. The predicted molar refractivity (Wildman–Crippen MR) is 127 cm³/mol. The fourth-order valence-electron chi connectivity index (χ4n) is 5.99. The summed E-state index contributed by atoms with van der Waals surface area (Å²) in [5, 5.41) is 9.24. The molecule has 1 aromatic carbocycles. The molecule has 1 aromatic heterocycles. The van der Waals surface area contributed by atoms with E-state index in [0.717, 1.165) is 23.4 Å². The van der Waals surface area contributed by atoms with Crippen molar-refractivity contribution in [2.24, 2.45) is 11.8 Å². The van der Waals surface area contributed by atoms with Gasteiger partial charge in [0.2, 0.25) is 0 Å². The first-order valence-electron chi connectivity index (χ1n) is 12.7. The van der Waals surface area contributed by atoms with Gasteiger partial charge in [-0.1, -0.05) is 63.8 Å². The number of hydrogen-bond donors (Lipinski definition) is 0. The molecular weight excluding hydrogens is 364 g/mol. The molecule has 2 aliphatic carbocycles. The normalized spacial score (nSPS) is 27.1. The Morgan fingerprint density at radius 3 is 1.70 bits per heavy atom. The van der Waals surface area contributed by atoms with Crippen LogP contribution < -0.4 is 0 Å². The lowest BCUT2D eigenvalue weighted by molar-refractivity contribution is 0.304. The molecule has 2 heteroatoms. The number of hydrogen-bond acceptors (Lipinski definition) is 2. The summed E-state index contributed by atoms with van der Waals surface area (Å²) in [5.74, 6) is 3.29. The predicted octanol–water partition coefficient (Wildman–Crippen LogP) is 8.29. The van der Waals surface area contributed by atoms with E-state index >= 15 is 0 Å². The van der Waals surface area contributed by atoms with Gasteiger partial charge < -0.3 is 0 Å². The summed E-state index contributed by atoms with van der Waals surface area (Å²) in [5.41, 5.74) is 4.93. The molecule has 2 fully saturated rings. The molecule has 1 heterocycles. The summed E-state index contributed by atoms with van der Waals surface area (Å²) in [4.78, 5) is 0. The van der Waals surface area contributed by atoms with Gasteiger partial charge >= 0.3 is 0 Å². The zero-order valence-electron chi connectivity index (χ0n) is 19.2. The highest BCUT2D eigenvalue weighted by atomic mass is 15.1. The molecule has 0 radical (unpaired) electrons. The lowest BCUT2D eigenvalue weighted by Gasteiger charge is -2.28. The fourth-order valence-corrected chi connectivity index (χ4v) is 5.99. The van der Waals surface area contributed by atoms with Gasteiger partial charge in [-0.15, -0.1) is 0 Å². The van der Waals surface area contributed by atoms with Gasteiger partial charge in [0, 0.05) is 11.5 Å². The highest BCUT2D eigenvalue weighted by molar-refractivity contribution is 5.59. The van der Waals surface area contributed by atoms with Crippen LogP contribution in [0.3, 0.4) is 0 Å². The summed E-state index contributed by atoms with van der Waals surface area (Å²) in [6.07, 6.45) is 16.3. The van der Waals surface area contributed by atoms with E-state index in [2.05, 4.69) is 60.4 Å². The van der Waals surface area contributed by atoms with Gasteiger partial charge in [-0.3, -0.25) is 0 Å². The molecule has 0 atom stereocenters. The van der Waals surface area contributed by atoms with Crippen molar-refractivity contribution >= 4 is 0 Å². The van der Waals surface area contributed by atoms with Crippen LogP contribution in [0.4, 0.5) is 0 Å². The minimum absolute atomic E-state index is 0.616. The van der Waals surface area contributed by atoms with Gasteiger partial charge in [0.05, 0.1) is 11.4 Å². The van der Waals surface area contributed by atoms with Crippen molar-refractivity contribution in [2.45, 2.75) is 103 Å². The molecule has 4 rings (SSSR count). The van der Waals surface area contributed by atoms with Crippen molar-refractivity contribution in [3.8, 4) is 11.3 Å². The summed E-state index contributed by atoms with van der Waals surface area (Å²) in [6.45, 7) is 4.62. The Morgan fingerprint density at radius 1 is 0.633 bits per heavy atom. The largest absolute Gasteiger partial charge is 0.155 e. The highest BCUT2D eigenvalue weighted by Crippen LogP contribution is 2.39. The zero-order chi connectivity index (χ0) is 20.8. The third-order valence-electron chi connectivity index (χ3n) is 7.87. The average molecular weight is 405 g/mol. The van der Waals surface area contributed by atoms with E-state index in [0.29, 0.717) is 5.92 Å². The van der Waals surface area contributed by atoms with E-state index in [1.807, 2.05) is 0 Å². The zero-order valence-corrected chi connectivity index (χ0v) is 19.2. The van der Waals surface area contributed by atoms with E-state index in [1.54, 1.807) is 0 Å². The molecule has 2 aliphatic rings. The Hall–Kier alpha value is -1.70. The summed E-state index contributed by atoms with van der Waals surface area (Å²) >= 11 is 0. The van der Waals surface area contributed by atoms with Crippen LogP contribution in [0.25, 0.3) is 11.3 Å². The van der Waals surface area contributed by atoms with Crippen molar-refractivity contribution in [3.63, 3.8) is 0 Å². The van der Waals surface area contributed by atoms with Crippen LogP contribution in [0.2, 0.25) is 0 Å². The average Bonchev–Trinajstić information content (AvgIpc) is 2.81. The fraction of sp³-hybridized carbons (Fsp3) is 0.643. The Labute approximate surface area is 183 Å². The van der Waals surface area contributed by atoms with Crippen LogP contribution in [0.1, 0.15) is 114 Å². The number of rotatable bonds is 7. The molecule has 0 spiro atoms. The summed E-state index contributed by atoms with van der Waals surface area (Å²) in [6, 6.07) is 13.6. The molecule has 0 amide bonds. The SMILES string of the molecule is CCCC1CCC(c2ccc(-c3ccc(C4CCC(CCC)CC4)nn3)cc2)CC1. The molecule has 0 unspecified atom stereocenters. The Bertz CT molecular complexity index is 681. The quantitative estimate of drug-likeness (QED) is 0.464. The molecule has 0 N–H and O–H groups in total. The van der Waals surface area contributed by atoms with E-state index in [-0.39, 0.29) is 0 Å². The van der Waals surface area contributed by atoms with Gasteiger partial charge in [-0.05, 0) is 86.8 Å².